The molecular weight excluding hydrogens is 252 g/mol. The van der Waals surface area contributed by atoms with Gasteiger partial charge in [-0.1, -0.05) is 0 Å². The van der Waals surface area contributed by atoms with Gasteiger partial charge in [0.05, 0.1) is 0 Å². The van der Waals surface area contributed by atoms with Gasteiger partial charge in [0, 0.05) is 6.20 Å². The normalized spacial score (nSPS) is 8.60. The topological polar surface area (TPSA) is 33.1 Å². The molecule has 2 nitrogen and oxygen atoms in total. The van der Waals surface area contributed by atoms with E-state index in [9.17, 15) is 0 Å². The van der Waals surface area contributed by atoms with Crippen molar-refractivity contribution in [2.24, 2.45) is 0 Å². The first-order valence-electron chi connectivity index (χ1n) is 2.51. The standard InChI is InChI=1S/C6H6INO.Na.H/c1-4-2-5(9)6(7)8-3-4;;/h2-3,9H,1H3;;/q;+1;-1. The molecule has 0 aliphatic heterocycles. The van der Waals surface area contributed by atoms with Crippen molar-refractivity contribution in [1.29, 1.82) is 0 Å². The average molecular weight is 259 g/mol. The fraction of sp³-hybridized carbons (Fsp3) is 0.167. The number of halogens is 1. The van der Waals surface area contributed by atoms with E-state index in [0.717, 1.165) is 5.56 Å². The number of nitrogens with zero attached hydrogens (tertiary/aromatic N) is 1. The Labute approximate surface area is 97.0 Å². The smallest absolute Gasteiger partial charge is 1.00 e. The van der Waals surface area contributed by atoms with Gasteiger partial charge in [-0.3, -0.25) is 0 Å². The number of hydrogen-bond donors (Lipinski definition) is 1. The molecular formula is C6H7INNaO. The van der Waals surface area contributed by atoms with Gasteiger partial charge in [0.1, 0.15) is 9.45 Å². The predicted molar refractivity (Wildman–Crippen MR) is 44.5 cm³/mol. The second-order valence-electron chi connectivity index (χ2n) is 1.82. The third kappa shape index (κ3) is 2.74. The van der Waals surface area contributed by atoms with E-state index in [2.05, 4.69) is 4.98 Å². The molecule has 0 aliphatic rings. The summed E-state index contributed by atoms with van der Waals surface area (Å²) >= 11 is 1.98. The molecule has 0 atom stereocenters. The zero-order chi connectivity index (χ0) is 6.85. The number of aromatic hydroxyl groups is 1. The van der Waals surface area contributed by atoms with Crippen LogP contribution in [0.1, 0.15) is 6.99 Å². The Morgan fingerprint density at radius 2 is 2.30 bits per heavy atom. The van der Waals surface area contributed by atoms with Gasteiger partial charge in [-0.25, -0.2) is 4.98 Å². The minimum absolute atomic E-state index is 0. The molecule has 1 aromatic rings. The number of hydrogen-bond acceptors (Lipinski definition) is 2. The molecule has 0 radical (unpaired) electrons. The molecule has 0 saturated carbocycles. The van der Waals surface area contributed by atoms with Crippen LogP contribution in [0.2, 0.25) is 0 Å². The van der Waals surface area contributed by atoms with Crippen LogP contribution in [0.15, 0.2) is 12.3 Å². The Kier molecular flexibility index (Phi) is 4.84. The summed E-state index contributed by atoms with van der Waals surface area (Å²) in [7, 11) is 0. The van der Waals surface area contributed by atoms with Crippen molar-refractivity contribution in [2.45, 2.75) is 6.92 Å². The summed E-state index contributed by atoms with van der Waals surface area (Å²) in [4.78, 5) is 3.91. The van der Waals surface area contributed by atoms with Crippen LogP contribution in [0.3, 0.4) is 0 Å². The zero-order valence-electron chi connectivity index (χ0n) is 6.93. The van der Waals surface area contributed by atoms with Gasteiger partial charge < -0.3 is 6.53 Å². The first kappa shape index (κ1) is 10.7. The molecule has 0 unspecified atom stereocenters. The number of pyridine rings is 1. The van der Waals surface area contributed by atoms with Crippen LogP contribution in [0.4, 0.5) is 0 Å². The first-order valence-corrected chi connectivity index (χ1v) is 3.59. The molecule has 0 spiro atoms. The van der Waals surface area contributed by atoms with Crippen LogP contribution in [0.25, 0.3) is 0 Å². The predicted octanol–water partition coefficient (Wildman–Crippen LogP) is -1.18. The fourth-order valence-electron chi connectivity index (χ4n) is 0.537. The largest absolute Gasteiger partial charge is 1.00 e. The van der Waals surface area contributed by atoms with Crippen LogP contribution < -0.4 is 29.6 Å². The van der Waals surface area contributed by atoms with E-state index in [1.54, 1.807) is 12.3 Å². The maximum Gasteiger partial charge on any atom is 1.00 e. The van der Waals surface area contributed by atoms with Crippen molar-refractivity contribution in [1.82, 2.24) is 4.98 Å². The summed E-state index contributed by atoms with van der Waals surface area (Å²) in [6, 6.07) is 1.69. The maximum atomic E-state index is 9.03. The van der Waals surface area contributed by atoms with E-state index >= 15 is 0 Å². The van der Waals surface area contributed by atoms with Gasteiger partial charge in [-0.15, -0.1) is 0 Å². The van der Waals surface area contributed by atoms with Gasteiger partial charge in [0.25, 0.3) is 0 Å². The van der Waals surface area contributed by atoms with Crippen molar-refractivity contribution in [3.63, 3.8) is 0 Å². The molecule has 1 aromatic heterocycles. The molecule has 50 valence electrons. The molecule has 1 heterocycles. The van der Waals surface area contributed by atoms with Gasteiger partial charge in [-0.2, -0.15) is 0 Å². The van der Waals surface area contributed by atoms with Crippen molar-refractivity contribution in [3.8, 4) is 5.75 Å². The van der Waals surface area contributed by atoms with E-state index < -0.39 is 0 Å². The van der Waals surface area contributed by atoms with Gasteiger partial charge in [-0.05, 0) is 41.1 Å². The van der Waals surface area contributed by atoms with Crippen LogP contribution in [0.5, 0.6) is 5.75 Å². The summed E-state index contributed by atoms with van der Waals surface area (Å²) in [6.07, 6.45) is 1.72. The maximum absolute atomic E-state index is 9.03. The van der Waals surface area contributed by atoms with E-state index in [0.29, 0.717) is 3.70 Å². The molecule has 1 N–H and O–H groups in total. The van der Waals surface area contributed by atoms with Crippen molar-refractivity contribution >= 4 is 22.6 Å². The molecule has 1 rings (SSSR count). The summed E-state index contributed by atoms with van der Waals surface area (Å²) in [5, 5.41) is 9.03. The Balaban J connectivity index is 0. The average Bonchev–Trinajstić information content (AvgIpc) is 1.80. The Bertz CT molecular complexity index is 234. The second kappa shape index (κ2) is 4.54. The van der Waals surface area contributed by atoms with Crippen LogP contribution >= 0.6 is 22.6 Å². The minimum atomic E-state index is 0. The second-order valence-corrected chi connectivity index (χ2v) is 2.84. The molecule has 4 heteroatoms. The van der Waals surface area contributed by atoms with Crippen molar-refractivity contribution < 1.29 is 36.1 Å². The molecule has 0 bridgehead atoms. The van der Waals surface area contributed by atoms with Gasteiger partial charge in [0.15, 0.2) is 0 Å². The van der Waals surface area contributed by atoms with Gasteiger partial charge >= 0.3 is 29.6 Å². The fourth-order valence-corrected chi connectivity index (χ4v) is 0.832. The first-order chi connectivity index (χ1) is 4.20. The summed E-state index contributed by atoms with van der Waals surface area (Å²) in [5.41, 5.74) is 0.980. The molecule has 10 heavy (non-hydrogen) atoms. The molecule has 0 fully saturated rings. The third-order valence-electron chi connectivity index (χ3n) is 0.957. The van der Waals surface area contributed by atoms with E-state index in [1.165, 1.54) is 0 Å². The molecule has 0 aromatic carbocycles. The minimum Gasteiger partial charge on any atom is -1.00 e. The third-order valence-corrected chi connectivity index (χ3v) is 1.79. The molecule has 0 saturated heterocycles. The Hall–Kier alpha value is 0.680. The van der Waals surface area contributed by atoms with E-state index in [1.807, 2.05) is 29.5 Å². The SMILES string of the molecule is Cc1cnc(I)c(O)c1.[H-].[Na+]. The van der Waals surface area contributed by atoms with Gasteiger partial charge in [0.2, 0.25) is 0 Å². The van der Waals surface area contributed by atoms with Crippen molar-refractivity contribution in [3.05, 3.63) is 21.5 Å². The molecule has 0 amide bonds. The summed E-state index contributed by atoms with van der Waals surface area (Å²) in [5.74, 6) is 0.260. The number of aryl methyl sites for hydroxylation is 1. The number of aromatic nitrogens is 1. The monoisotopic (exact) mass is 259 g/mol. The summed E-state index contributed by atoms with van der Waals surface area (Å²) < 4.78 is 0.651. The summed E-state index contributed by atoms with van der Waals surface area (Å²) in [6.45, 7) is 1.89. The van der Waals surface area contributed by atoms with E-state index in [-0.39, 0.29) is 36.7 Å². The Morgan fingerprint density at radius 1 is 1.70 bits per heavy atom. The van der Waals surface area contributed by atoms with Crippen LogP contribution in [-0.2, 0) is 0 Å². The van der Waals surface area contributed by atoms with Crippen LogP contribution in [0, 0.1) is 10.6 Å². The Morgan fingerprint density at radius 3 is 2.70 bits per heavy atom. The van der Waals surface area contributed by atoms with Crippen molar-refractivity contribution in [2.75, 3.05) is 0 Å². The molecule has 0 aliphatic carbocycles. The van der Waals surface area contributed by atoms with Crippen LogP contribution in [-0.4, -0.2) is 10.1 Å². The zero-order valence-corrected chi connectivity index (χ0v) is 10.1. The number of rotatable bonds is 0. The quantitative estimate of drug-likeness (QED) is 0.361. The van der Waals surface area contributed by atoms with E-state index in [4.69, 9.17) is 5.11 Å².